The zero-order valence-electron chi connectivity index (χ0n) is 11.3. The number of carbonyl (C=O) groups excluding carboxylic acids is 1. The Morgan fingerprint density at radius 1 is 1.42 bits per heavy atom. The summed E-state index contributed by atoms with van der Waals surface area (Å²) in [6, 6.07) is 9.66. The van der Waals surface area contributed by atoms with Crippen molar-refractivity contribution in [3.05, 3.63) is 35.9 Å². The SMILES string of the molecule is CCC(C(=O)NCC(C)C(N)=NO)c1ccccc1. The zero-order valence-corrected chi connectivity index (χ0v) is 11.3. The normalized spacial score (nSPS) is 14.7. The van der Waals surface area contributed by atoms with E-state index in [0.717, 1.165) is 12.0 Å². The molecular formula is C14H21N3O2. The summed E-state index contributed by atoms with van der Waals surface area (Å²) in [7, 11) is 0. The number of amides is 1. The van der Waals surface area contributed by atoms with Crippen LogP contribution in [0.5, 0.6) is 0 Å². The third kappa shape index (κ3) is 4.28. The van der Waals surface area contributed by atoms with Gasteiger partial charge in [-0.25, -0.2) is 0 Å². The highest BCUT2D eigenvalue weighted by atomic mass is 16.4. The molecule has 4 N–H and O–H groups in total. The van der Waals surface area contributed by atoms with Crippen LogP contribution in [0.25, 0.3) is 0 Å². The average molecular weight is 263 g/mol. The van der Waals surface area contributed by atoms with Crippen molar-refractivity contribution in [1.29, 1.82) is 0 Å². The van der Waals surface area contributed by atoms with Crippen molar-refractivity contribution >= 4 is 11.7 Å². The molecule has 0 saturated carbocycles. The highest BCUT2D eigenvalue weighted by Gasteiger charge is 2.19. The molecule has 1 rings (SSSR count). The Morgan fingerprint density at radius 2 is 2.05 bits per heavy atom. The summed E-state index contributed by atoms with van der Waals surface area (Å²) in [5.74, 6) is -0.276. The number of rotatable bonds is 6. The Morgan fingerprint density at radius 3 is 2.58 bits per heavy atom. The fourth-order valence-corrected chi connectivity index (χ4v) is 1.84. The smallest absolute Gasteiger partial charge is 0.227 e. The molecule has 0 saturated heterocycles. The molecule has 0 radical (unpaired) electrons. The van der Waals surface area contributed by atoms with Gasteiger partial charge in [-0.3, -0.25) is 4.79 Å². The van der Waals surface area contributed by atoms with Crippen molar-refractivity contribution in [1.82, 2.24) is 5.32 Å². The van der Waals surface area contributed by atoms with E-state index < -0.39 is 0 Å². The maximum absolute atomic E-state index is 12.1. The zero-order chi connectivity index (χ0) is 14.3. The molecule has 0 aliphatic heterocycles. The van der Waals surface area contributed by atoms with Crippen LogP contribution in [0.3, 0.4) is 0 Å². The number of amidine groups is 1. The molecule has 5 nitrogen and oxygen atoms in total. The summed E-state index contributed by atoms with van der Waals surface area (Å²) < 4.78 is 0. The molecule has 1 aromatic rings. The van der Waals surface area contributed by atoms with Gasteiger partial charge in [0.1, 0.15) is 5.84 Å². The lowest BCUT2D eigenvalue weighted by molar-refractivity contribution is -0.122. The molecule has 0 bridgehead atoms. The predicted molar refractivity (Wildman–Crippen MR) is 75.1 cm³/mol. The highest BCUT2D eigenvalue weighted by Crippen LogP contribution is 2.19. The van der Waals surface area contributed by atoms with E-state index in [9.17, 15) is 4.79 Å². The molecule has 2 unspecified atom stereocenters. The van der Waals surface area contributed by atoms with Crippen LogP contribution in [-0.2, 0) is 4.79 Å². The van der Waals surface area contributed by atoms with Gasteiger partial charge in [-0.05, 0) is 12.0 Å². The van der Waals surface area contributed by atoms with E-state index in [2.05, 4.69) is 10.5 Å². The first-order valence-electron chi connectivity index (χ1n) is 6.40. The standard InChI is InChI=1S/C14H21N3O2/c1-3-12(11-7-5-4-6-8-11)14(18)16-9-10(2)13(15)17-19/h4-8,10,12,19H,3,9H2,1-2H3,(H2,15,17)(H,16,18). The van der Waals surface area contributed by atoms with E-state index in [4.69, 9.17) is 10.9 Å². The molecule has 0 heterocycles. The van der Waals surface area contributed by atoms with Crippen LogP contribution in [0.4, 0.5) is 0 Å². The Bertz CT molecular complexity index is 432. The van der Waals surface area contributed by atoms with Crippen LogP contribution in [0.1, 0.15) is 31.7 Å². The van der Waals surface area contributed by atoms with Crippen molar-refractivity contribution in [3.8, 4) is 0 Å². The molecule has 5 heteroatoms. The third-order valence-corrected chi connectivity index (χ3v) is 3.13. The average Bonchev–Trinajstić information content (AvgIpc) is 2.45. The van der Waals surface area contributed by atoms with Gasteiger partial charge in [-0.1, -0.05) is 49.3 Å². The van der Waals surface area contributed by atoms with E-state index in [1.807, 2.05) is 37.3 Å². The second-order valence-electron chi connectivity index (χ2n) is 4.54. The minimum Gasteiger partial charge on any atom is -0.409 e. The van der Waals surface area contributed by atoms with Gasteiger partial charge in [0.05, 0.1) is 5.92 Å². The predicted octanol–water partition coefficient (Wildman–Crippen LogP) is 1.68. The fraction of sp³-hybridized carbons (Fsp3) is 0.429. The van der Waals surface area contributed by atoms with E-state index in [-0.39, 0.29) is 23.6 Å². The Kier molecular flexibility index (Phi) is 5.85. The van der Waals surface area contributed by atoms with Gasteiger partial charge in [0.2, 0.25) is 5.91 Å². The van der Waals surface area contributed by atoms with E-state index in [1.165, 1.54) is 0 Å². The number of nitrogens with one attached hydrogen (secondary N) is 1. The largest absolute Gasteiger partial charge is 0.409 e. The first-order valence-corrected chi connectivity index (χ1v) is 6.40. The van der Waals surface area contributed by atoms with Gasteiger partial charge in [0, 0.05) is 12.5 Å². The first-order chi connectivity index (χ1) is 9.10. The topological polar surface area (TPSA) is 87.7 Å². The highest BCUT2D eigenvalue weighted by molar-refractivity contribution is 5.85. The van der Waals surface area contributed by atoms with Gasteiger partial charge in [0.15, 0.2) is 0 Å². The number of hydrogen-bond donors (Lipinski definition) is 3. The van der Waals surface area contributed by atoms with Crippen molar-refractivity contribution in [3.63, 3.8) is 0 Å². The van der Waals surface area contributed by atoms with Crippen LogP contribution < -0.4 is 11.1 Å². The van der Waals surface area contributed by atoms with Gasteiger partial charge in [-0.2, -0.15) is 0 Å². The number of nitrogens with two attached hydrogens (primary N) is 1. The fourth-order valence-electron chi connectivity index (χ4n) is 1.84. The van der Waals surface area contributed by atoms with Gasteiger partial charge in [-0.15, -0.1) is 0 Å². The molecule has 0 aromatic heterocycles. The molecule has 0 spiro atoms. The maximum Gasteiger partial charge on any atom is 0.227 e. The van der Waals surface area contributed by atoms with Crippen molar-refractivity contribution in [2.45, 2.75) is 26.2 Å². The lowest BCUT2D eigenvalue weighted by atomic mass is 9.95. The van der Waals surface area contributed by atoms with E-state index in [0.29, 0.717) is 6.54 Å². The number of benzene rings is 1. The Labute approximate surface area is 113 Å². The molecule has 104 valence electrons. The molecule has 0 aliphatic carbocycles. The van der Waals surface area contributed by atoms with Crippen LogP contribution in [0.2, 0.25) is 0 Å². The van der Waals surface area contributed by atoms with Gasteiger partial charge in [0.25, 0.3) is 0 Å². The summed E-state index contributed by atoms with van der Waals surface area (Å²) in [6.45, 7) is 4.13. The third-order valence-electron chi connectivity index (χ3n) is 3.13. The minimum atomic E-state index is -0.192. The molecule has 0 fully saturated rings. The lowest BCUT2D eigenvalue weighted by Crippen LogP contribution is -2.37. The number of carbonyl (C=O) groups is 1. The molecule has 0 aliphatic rings. The van der Waals surface area contributed by atoms with Crippen LogP contribution >= 0.6 is 0 Å². The molecule has 1 amide bonds. The summed E-state index contributed by atoms with van der Waals surface area (Å²) in [4.78, 5) is 12.1. The van der Waals surface area contributed by atoms with E-state index in [1.54, 1.807) is 6.92 Å². The molecule has 19 heavy (non-hydrogen) atoms. The quantitative estimate of drug-likeness (QED) is 0.316. The maximum atomic E-state index is 12.1. The van der Waals surface area contributed by atoms with Crippen LogP contribution in [0.15, 0.2) is 35.5 Å². The van der Waals surface area contributed by atoms with E-state index >= 15 is 0 Å². The number of hydrogen-bond acceptors (Lipinski definition) is 3. The second kappa shape index (κ2) is 7.41. The second-order valence-corrected chi connectivity index (χ2v) is 4.54. The summed E-state index contributed by atoms with van der Waals surface area (Å²) >= 11 is 0. The lowest BCUT2D eigenvalue weighted by Gasteiger charge is -2.17. The number of nitrogens with zero attached hydrogens (tertiary/aromatic N) is 1. The van der Waals surface area contributed by atoms with Crippen LogP contribution in [-0.4, -0.2) is 23.5 Å². The molecular weight excluding hydrogens is 242 g/mol. The Hall–Kier alpha value is -2.04. The summed E-state index contributed by atoms with van der Waals surface area (Å²) in [5, 5.41) is 14.3. The van der Waals surface area contributed by atoms with Crippen molar-refractivity contribution in [2.24, 2.45) is 16.8 Å². The summed E-state index contributed by atoms with van der Waals surface area (Å²) in [5.41, 5.74) is 6.47. The minimum absolute atomic E-state index is 0.0358. The summed E-state index contributed by atoms with van der Waals surface area (Å²) in [6.07, 6.45) is 0.730. The Balaban J connectivity index is 2.61. The van der Waals surface area contributed by atoms with Gasteiger partial charge >= 0.3 is 0 Å². The monoisotopic (exact) mass is 263 g/mol. The molecule has 2 atom stereocenters. The van der Waals surface area contributed by atoms with Crippen LogP contribution in [0, 0.1) is 5.92 Å². The number of oxime groups is 1. The van der Waals surface area contributed by atoms with Crippen molar-refractivity contribution in [2.75, 3.05) is 6.54 Å². The first kappa shape index (κ1) is 15.0. The van der Waals surface area contributed by atoms with Crippen molar-refractivity contribution < 1.29 is 10.0 Å². The van der Waals surface area contributed by atoms with Gasteiger partial charge < -0.3 is 16.3 Å². The molecule has 1 aromatic carbocycles.